The van der Waals surface area contributed by atoms with Crippen molar-refractivity contribution in [2.75, 3.05) is 0 Å². The van der Waals surface area contributed by atoms with Crippen LogP contribution in [0.5, 0.6) is 0 Å². The van der Waals surface area contributed by atoms with Crippen LogP contribution in [0.2, 0.25) is 0 Å². The standard InChI is InChI=1S/C22H28O4/c1-12-11-14-15-5-6-18(25)21(15,3)9-7-16(14)22(4)10-8-17(24)20(19(12)22)26-13(2)23/h14-16H,1,5-11H2,2-4H3/t14-,15-,16-,21-,22+/m0/s1. The molecule has 0 aromatic carbocycles. The largest absolute Gasteiger partial charge is 0.423 e. The van der Waals surface area contributed by atoms with Crippen LogP contribution in [0.25, 0.3) is 0 Å². The molecule has 3 fully saturated rings. The highest BCUT2D eigenvalue weighted by Gasteiger charge is 2.60. The van der Waals surface area contributed by atoms with E-state index in [0.29, 0.717) is 36.4 Å². The monoisotopic (exact) mass is 356 g/mol. The summed E-state index contributed by atoms with van der Waals surface area (Å²) < 4.78 is 5.39. The number of ketones is 2. The van der Waals surface area contributed by atoms with Gasteiger partial charge in [-0.25, -0.2) is 0 Å². The predicted molar refractivity (Wildman–Crippen MR) is 96.9 cm³/mol. The zero-order chi connectivity index (χ0) is 18.9. The molecule has 5 atom stereocenters. The average Bonchev–Trinajstić information content (AvgIpc) is 2.86. The number of allylic oxidation sites excluding steroid dienone is 2. The smallest absolute Gasteiger partial charge is 0.308 e. The Bertz CT molecular complexity index is 760. The first-order chi connectivity index (χ1) is 12.2. The second-order valence-electron chi connectivity index (χ2n) is 9.24. The van der Waals surface area contributed by atoms with Crippen LogP contribution in [0.4, 0.5) is 0 Å². The lowest BCUT2D eigenvalue weighted by molar-refractivity contribution is -0.142. The van der Waals surface area contributed by atoms with Crippen molar-refractivity contribution in [3.05, 3.63) is 23.5 Å². The zero-order valence-corrected chi connectivity index (χ0v) is 16.0. The van der Waals surface area contributed by atoms with Crippen LogP contribution < -0.4 is 0 Å². The van der Waals surface area contributed by atoms with E-state index in [1.165, 1.54) is 6.92 Å². The highest BCUT2D eigenvalue weighted by Crippen LogP contribution is 2.65. The molecule has 4 aliphatic rings. The summed E-state index contributed by atoms with van der Waals surface area (Å²) in [7, 11) is 0. The molecular formula is C22H28O4. The second-order valence-corrected chi connectivity index (χ2v) is 9.24. The van der Waals surface area contributed by atoms with Crippen molar-refractivity contribution < 1.29 is 19.1 Å². The van der Waals surface area contributed by atoms with Gasteiger partial charge in [-0.2, -0.15) is 0 Å². The number of carbonyl (C=O) groups excluding carboxylic acids is 3. The Hall–Kier alpha value is -1.71. The van der Waals surface area contributed by atoms with Gasteiger partial charge in [0.1, 0.15) is 5.78 Å². The van der Waals surface area contributed by atoms with Gasteiger partial charge in [-0.3, -0.25) is 14.4 Å². The number of fused-ring (bicyclic) bond motifs is 5. The van der Waals surface area contributed by atoms with Crippen LogP contribution in [-0.4, -0.2) is 17.5 Å². The van der Waals surface area contributed by atoms with Gasteiger partial charge in [0, 0.05) is 36.2 Å². The fourth-order valence-corrected chi connectivity index (χ4v) is 6.72. The van der Waals surface area contributed by atoms with Crippen molar-refractivity contribution in [3.8, 4) is 0 Å². The summed E-state index contributed by atoms with van der Waals surface area (Å²) in [4.78, 5) is 36.6. The first kappa shape index (κ1) is 17.7. The number of rotatable bonds is 1. The van der Waals surface area contributed by atoms with Crippen LogP contribution in [0, 0.1) is 28.6 Å². The van der Waals surface area contributed by atoms with Gasteiger partial charge in [0.25, 0.3) is 0 Å². The molecule has 0 amide bonds. The lowest BCUT2D eigenvalue weighted by atomic mass is 9.46. The molecule has 0 aliphatic heterocycles. The van der Waals surface area contributed by atoms with Crippen molar-refractivity contribution in [2.45, 2.75) is 65.7 Å². The third-order valence-electron chi connectivity index (χ3n) is 7.97. The van der Waals surface area contributed by atoms with Crippen LogP contribution in [0.1, 0.15) is 65.7 Å². The number of ether oxygens (including phenoxy) is 1. The van der Waals surface area contributed by atoms with E-state index in [0.717, 1.165) is 43.3 Å². The van der Waals surface area contributed by atoms with Crippen LogP contribution >= 0.6 is 0 Å². The van der Waals surface area contributed by atoms with Gasteiger partial charge in [-0.05, 0) is 55.4 Å². The molecule has 0 bridgehead atoms. The summed E-state index contributed by atoms with van der Waals surface area (Å²) in [5.41, 5.74) is 1.45. The summed E-state index contributed by atoms with van der Waals surface area (Å²) in [6.07, 6.45) is 5.62. The quantitative estimate of drug-likeness (QED) is 0.662. The Morgan fingerprint density at radius 1 is 1.08 bits per heavy atom. The van der Waals surface area contributed by atoms with Gasteiger partial charge in [0.15, 0.2) is 11.5 Å². The van der Waals surface area contributed by atoms with Crippen molar-refractivity contribution >= 4 is 17.5 Å². The summed E-state index contributed by atoms with van der Waals surface area (Å²) >= 11 is 0. The van der Waals surface area contributed by atoms with E-state index in [9.17, 15) is 14.4 Å². The van der Waals surface area contributed by atoms with Crippen LogP contribution in [0.3, 0.4) is 0 Å². The minimum Gasteiger partial charge on any atom is -0.423 e. The van der Waals surface area contributed by atoms with E-state index in [1.54, 1.807) is 0 Å². The van der Waals surface area contributed by atoms with Crippen molar-refractivity contribution in [1.29, 1.82) is 0 Å². The molecule has 0 heterocycles. The molecule has 4 rings (SSSR count). The fraction of sp³-hybridized carbons (Fsp3) is 0.682. The van der Waals surface area contributed by atoms with Gasteiger partial charge in [-0.15, -0.1) is 0 Å². The molecule has 4 nitrogen and oxygen atoms in total. The molecule has 0 aromatic rings. The Labute approximate surface area is 155 Å². The minimum atomic E-state index is -0.447. The van der Waals surface area contributed by atoms with Crippen LogP contribution in [-0.2, 0) is 19.1 Å². The molecule has 0 N–H and O–H groups in total. The van der Waals surface area contributed by atoms with Crippen molar-refractivity contribution in [3.63, 3.8) is 0 Å². The highest BCUT2D eigenvalue weighted by atomic mass is 16.5. The Morgan fingerprint density at radius 3 is 2.46 bits per heavy atom. The van der Waals surface area contributed by atoms with E-state index in [1.807, 2.05) is 0 Å². The van der Waals surface area contributed by atoms with E-state index in [-0.39, 0.29) is 22.4 Å². The normalized spacial score (nSPS) is 42.3. The second kappa shape index (κ2) is 5.64. The lowest BCUT2D eigenvalue weighted by Gasteiger charge is -2.57. The number of carbonyl (C=O) groups is 3. The molecule has 0 radical (unpaired) electrons. The zero-order valence-electron chi connectivity index (χ0n) is 16.0. The fourth-order valence-electron chi connectivity index (χ4n) is 6.72. The summed E-state index contributed by atoms with van der Waals surface area (Å²) in [5.74, 6) is 1.42. The van der Waals surface area contributed by atoms with E-state index in [4.69, 9.17) is 4.74 Å². The van der Waals surface area contributed by atoms with Gasteiger partial charge >= 0.3 is 5.97 Å². The Balaban J connectivity index is 1.79. The van der Waals surface area contributed by atoms with Gasteiger partial charge in [-0.1, -0.05) is 20.4 Å². The molecule has 4 aliphatic carbocycles. The summed E-state index contributed by atoms with van der Waals surface area (Å²) in [6, 6.07) is 0. The Kier molecular flexibility index (Phi) is 3.84. The molecule has 140 valence electrons. The Morgan fingerprint density at radius 2 is 1.77 bits per heavy atom. The summed E-state index contributed by atoms with van der Waals surface area (Å²) in [5, 5.41) is 0. The maximum atomic E-state index is 12.5. The molecule has 0 aromatic heterocycles. The average molecular weight is 356 g/mol. The van der Waals surface area contributed by atoms with E-state index < -0.39 is 5.97 Å². The van der Waals surface area contributed by atoms with Crippen LogP contribution in [0.15, 0.2) is 23.5 Å². The third kappa shape index (κ3) is 2.23. The number of esters is 1. The minimum absolute atomic E-state index is 0.0797. The maximum absolute atomic E-state index is 12.5. The van der Waals surface area contributed by atoms with E-state index in [2.05, 4.69) is 20.4 Å². The first-order valence-electron chi connectivity index (χ1n) is 9.86. The number of Topliss-reactive ketones (excluding diaryl/α,β-unsaturated/α-hetero) is 2. The molecular weight excluding hydrogens is 328 g/mol. The van der Waals surface area contributed by atoms with E-state index >= 15 is 0 Å². The van der Waals surface area contributed by atoms with Crippen molar-refractivity contribution in [2.24, 2.45) is 28.6 Å². The van der Waals surface area contributed by atoms with Gasteiger partial charge in [0.05, 0.1) is 0 Å². The molecule has 0 unspecified atom stereocenters. The molecule has 26 heavy (non-hydrogen) atoms. The number of hydrogen-bond acceptors (Lipinski definition) is 4. The molecule has 0 saturated heterocycles. The molecule has 4 heteroatoms. The third-order valence-corrected chi connectivity index (χ3v) is 7.97. The lowest BCUT2D eigenvalue weighted by Crippen LogP contribution is -2.51. The summed E-state index contributed by atoms with van der Waals surface area (Å²) in [6.45, 7) is 10.0. The number of hydrogen-bond donors (Lipinski definition) is 0. The van der Waals surface area contributed by atoms with Crippen molar-refractivity contribution in [1.82, 2.24) is 0 Å². The molecule has 0 spiro atoms. The topological polar surface area (TPSA) is 60.4 Å². The molecule has 3 saturated carbocycles. The van der Waals surface area contributed by atoms with Gasteiger partial charge in [0.2, 0.25) is 0 Å². The predicted octanol–water partition coefficient (Wildman–Crippen LogP) is 4.14. The highest BCUT2D eigenvalue weighted by molar-refractivity contribution is 5.98. The maximum Gasteiger partial charge on any atom is 0.308 e. The first-order valence-corrected chi connectivity index (χ1v) is 9.86. The SMILES string of the molecule is C=C1C[C@@H]2[C@H](CC[C@]3(C)C(=O)CC[C@@H]23)[C@@]2(C)CCC(=O)C(OC(C)=O)=C12. The van der Waals surface area contributed by atoms with Gasteiger partial charge < -0.3 is 4.74 Å².